The number of nitrogens with zero attached hydrogens (tertiary/aromatic N) is 11. The lowest BCUT2D eigenvalue weighted by Gasteiger charge is -2.30. The first-order chi connectivity index (χ1) is 56.9. The van der Waals surface area contributed by atoms with Gasteiger partial charge in [0, 0.05) is 151 Å². The van der Waals surface area contributed by atoms with E-state index in [9.17, 15) is 83.1 Å². The van der Waals surface area contributed by atoms with E-state index in [0.29, 0.717) is 82.2 Å². The lowest BCUT2D eigenvalue weighted by atomic mass is 9.99. The smallest absolute Gasteiger partial charge is 0.374 e. The van der Waals surface area contributed by atoms with Gasteiger partial charge in [-0.05, 0) is 156 Å². The molecule has 634 valence electrons. The number of benzene rings is 6. The maximum Gasteiger partial charge on any atom is 0.374 e. The first-order valence-electron chi connectivity index (χ1n) is 36.5. The van der Waals surface area contributed by atoms with Gasteiger partial charge in [-0.15, -0.1) is 0 Å². The summed E-state index contributed by atoms with van der Waals surface area (Å²) in [4.78, 5) is 121. The number of carbonyl (C=O) groups is 7. The molecule has 0 aliphatic carbocycles. The van der Waals surface area contributed by atoms with Crippen LogP contribution in [-0.4, -0.2) is 138 Å². The Morgan fingerprint density at radius 1 is 0.438 bits per heavy atom. The van der Waals surface area contributed by atoms with Gasteiger partial charge in [0.05, 0.1) is 88.5 Å². The van der Waals surface area contributed by atoms with E-state index in [1.165, 1.54) is 41.7 Å². The fourth-order valence-electron chi connectivity index (χ4n) is 13.2. The van der Waals surface area contributed by atoms with Gasteiger partial charge in [0.15, 0.2) is 0 Å². The molecule has 12 aromatic rings. The number of rotatable bonds is 15. The summed E-state index contributed by atoms with van der Waals surface area (Å²) in [5, 5.41) is 34.1. The second-order valence-electron chi connectivity index (χ2n) is 28.2. The number of halogens is 12. The molecule has 0 radical (unpaired) electrons. The molecule has 6 atom stereocenters. The molecule has 7 N–H and O–H groups in total. The van der Waals surface area contributed by atoms with Crippen molar-refractivity contribution < 1.29 is 73.8 Å². The highest BCUT2D eigenvalue weighted by atomic mass is 127. The quantitative estimate of drug-likeness (QED) is 0.0410. The number of nitrogens with two attached hydrogens (primary N) is 1. The van der Waals surface area contributed by atoms with Crippen LogP contribution < -0.4 is 53.5 Å². The van der Waals surface area contributed by atoms with Crippen LogP contribution in [0, 0.1) is 3.57 Å². The van der Waals surface area contributed by atoms with Crippen molar-refractivity contribution in [2.24, 2.45) is 26.9 Å². The highest BCUT2D eigenvalue weighted by Gasteiger charge is 2.48. The van der Waals surface area contributed by atoms with E-state index >= 15 is 0 Å². The van der Waals surface area contributed by atoms with E-state index < -0.39 is 83.6 Å². The molecule has 27 nitrogen and oxygen atoms in total. The van der Waals surface area contributed by atoms with E-state index in [4.69, 9.17) is 39.9 Å². The molecular formula is C82H76Cl3F8IN16O11. The summed E-state index contributed by atoms with van der Waals surface area (Å²) in [6.45, 7) is 1.87. The average molecular weight is 1850 g/mol. The minimum absolute atomic E-state index is 0.0234. The molecule has 6 amide bonds. The molecule has 3 saturated heterocycles. The number of carboxylic acids is 1. The van der Waals surface area contributed by atoms with Crippen molar-refractivity contribution in [1.29, 1.82) is 0 Å². The first-order valence-corrected chi connectivity index (χ1v) is 38.7. The number of aliphatic carboxylic acids is 1. The molecule has 0 unspecified atom stereocenters. The van der Waals surface area contributed by atoms with Gasteiger partial charge in [0.1, 0.15) is 0 Å². The average Bonchev–Trinajstić information content (AvgIpc) is 1.62. The Kier molecular flexibility index (Phi) is 28.4. The van der Waals surface area contributed by atoms with Gasteiger partial charge in [-0.25, -0.2) is 18.8 Å². The Hall–Kier alpha value is -12.1. The van der Waals surface area contributed by atoms with Crippen LogP contribution in [0.15, 0.2) is 215 Å². The fraction of sp³-hybridized carbons (Fsp3) is 0.256. The zero-order valence-corrected chi connectivity index (χ0v) is 69.6. The number of hydrogen-bond donors (Lipinski definition) is 6. The minimum Gasteiger partial charge on any atom is -0.477 e. The first kappa shape index (κ1) is 91.2. The lowest BCUT2D eigenvalue weighted by molar-refractivity contribution is -0.162. The van der Waals surface area contributed by atoms with Gasteiger partial charge in [0.25, 0.3) is 17.7 Å². The molecule has 3 aliphatic rings. The third kappa shape index (κ3) is 21.9. The van der Waals surface area contributed by atoms with Crippen LogP contribution in [0.4, 0.5) is 46.5 Å². The number of amides is 6. The molecule has 0 spiro atoms. The Balaban J connectivity index is 0.000000170. The second kappa shape index (κ2) is 37.7. The molecule has 0 saturated carbocycles. The third-order valence-electron chi connectivity index (χ3n) is 19.0. The zero-order chi connectivity index (χ0) is 88.7. The van der Waals surface area contributed by atoms with E-state index in [1.807, 2.05) is 23.0 Å². The molecule has 39 heteroatoms. The van der Waals surface area contributed by atoms with Crippen LogP contribution in [0.1, 0.15) is 81.8 Å². The number of anilines is 2. The SMILES string of the molecule is CC(F)(F)C(=O)N[C@H]1CC(=O)N[C@@H]1c1cccc(Cl)c1.CC(F)(F)C(=O)O.CN.Cn1cc(-n2ncc3cc(I)ccc32)ccc1=O.Cn1cc(-n2ncc3cc(N4C(=O)C[C@@H](NC(=O)C(C)(F)F)[C@@H]4c4cccc(Cl)c4)ccc32)ccc1=O.Cn1cc(-n2ncc3cc(N4C(=O)C[C@H](NC(=O)C(C)(F)F)[C@H]4c4cccc(Cl)c4)ccc32)ccc1=O. The van der Waals surface area contributed by atoms with Crippen LogP contribution in [-0.2, 0) is 54.7 Å². The molecule has 3 fully saturated rings. The summed E-state index contributed by atoms with van der Waals surface area (Å²) >= 11 is 20.5. The highest BCUT2D eigenvalue weighted by molar-refractivity contribution is 14.1. The Morgan fingerprint density at radius 3 is 1.08 bits per heavy atom. The number of aromatic nitrogens is 9. The molecule has 0 bridgehead atoms. The maximum atomic E-state index is 13.7. The van der Waals surface area contributed by atoms with Crippen molar-refractivity contribution in [2.75, 3.05) is 16.8 Å². The van der Waals surface area contributed by atoms with E-state index in [1.54, 1.807) is 200 Å². The largest absolute Gasteiger partial charge is 0.477 e. The maximum absolute atomic E-state index is 13.7. The Labute approximate surface area is 711 Å². The molecule has 121 heavy (non-hydrogen) atoms. The fourth-order valence-corrected chi connectivity index (χ4v) is 14.4. The summed E-state index contributed by atoms with van der Waals surface area (Å²) in [5.41, 5.74) is 11.8. The molecular weight excluding hydrogens is 1770 g/mol. The van der Waals surface area contributed by atoms with Gasteiger partial charge in [-0.1, -0.05) is 71.2 Å². The van der Waals surface area contributed by atoms with Gasteiger partial charge in [-0.3, -0.25) is 43.2 Å². The van der Waals surface area contributed by atoms with Crippen LogP contribution in [0.2, 0.25) is 15.1 Å². The van der Waals surface area contributed by atoms with Crippen molar-refractivity contribution in [3.8, 4) is 17.1 Å². The van der Waals surface area contributed by atoms with Crippen LogP contribution in [0.5, 0.6) is 0 Å². The number of pyridine rings is 3. The summed E-state index contributed by atoms with van der Waals surface area (Å²) in [7, 11) is 6.53. The summed E-state index contributed by atoms with van der Waals surface area (Å²) < 4.78 is 114. The van der Waals surface area contributed by atoms with Crippen molar-refractivity contribution in [3.05, 3.63) is 267 Å². The van der Waals surface area contributed by atoms with Gasteiger partial charge in [0.2, 0.25) is 34.4 Å². The van der Waals surface area contributed by atoms with Gasteiger partial charge >= 0.3 is 29.7 Å². The van der Waals surface area contributed by atoms with Crippen molar-refractivity contribution >= 4 is 143 Å². The van der Waals surface area contributed by atoms with E-state index in [-0.39, 0.29) is 53.7 Å². The topological polar surface area (TPSA) is 340 Å². The number of alkyl halides is 8. The Morgan fingerprint density at radius 2 is 0.752 bits per heavy atom. The van der Waals surface area contributed by atoms with Crippen LogP contribution in [0.3, 0.4) is 0 Å². The van der Waals surface area contributed by atoms with Crippen LogP contribution in [0.25, 0.3) is 49.8 Å². The number of hydrogen-bond acceptors (Lipinski definition) is 14. The normalized spacial score (nSPS) is 17.0. The third-order valence-corrected chi connectivity index (χ3v) is 20.4. The summed E-state index contributed by atoms with van der Waals surface area (Å²) in [6, 6.07) is 41.9. The number of nitrogens with one attached hydrogen (secondary N) is 4. The Bertz CT molecular complexity index is 5880. The van der Waals surface area contributed by atoms with Gasteiger partial charge in [-0.2, -0.15) is 50.4 Å². The predicted octanol–water partition coefficient (Wildman–Crippen LogP) is 12.7. The van der Waals surface area contributed by atoms with Gasteiger partial charge < -0.3 is 55.6 Å². The summed E-state index contributed by atoms with van der Waals surface area (Å²) in [6.07, 6.45) is 9.86. The number of carboxylic acid groups (broad SMARTS) is 1. The molecule has 6 aromatic heterocycles. The number of aryl methyl sites for hydroxylation is 3. The lowest BCUT2D eigenvalue weighted by Crippen LogP contribution is -2.46. The standard InChI is InChI=1S/2C26H22ClF2N5O3.C13H13ClF2N2O2.C13H10IN3O.C3H4F2O2.CH5N/c2*1-26(28,29)25(37)31-20-12-23(36)33(24(20)15-4-3-5-17(27)10-15)18-6-8-21-16(11-18)13-30-34(21)19-7-9-22(35)32(2)14-19;1-13(15,16)12(20)17-9-6-10(19)18-11(9)7-3-2-4-8(14)5-7;1-16-8-11(3-5-13(16)18)17-12-4-2-10(14)6-9(12)7-15-17;1-3(4,5)2(6)7;1-2/h2*3-11,13-14,20,24H,12H2,1-2H3,(H,31,37);2-5,9,11H,6H2,1H3,(H,17,20)(H,18,19);2-8H,1H3;1H3,(H,6,7);2H2,1H3/t2*20-,24+;9-,11+;;;/m100.../s1. The monoisotopic (exact) mass is 1840 g/mol. The molecule has 9 heterocycles. The highest BCUT2D eigenvalue weighted by Crippen LogP contribution is 2.42. The van der Waals surface area contributed by atoms with E-state index in [0.717, 1.165) is 38.4 Å². The number of carbonyl (C=O) groups excluding carboxylic acids is 6. The zero-order valence-electron chi connectivity index (χ0n) is 65.2. The van der Waals surface area contributed by atoms with Crippen molar-refractivity contribution in [1.82, 2.24) is 64.3 Å². The van der Waals surface area contributed by atoms with Crippen molar-refractivity contribution in [2.45, 2.75) is 107 Å². The second-order valence-corrected chi connectivity index (χ2v) is 30.8. The predicted molar refractivity (Wildman–Crippen MR) is 447 cm³/mol. The summed E-state index contributed by atoms with van der Waals surface area (Å²) in [5.74, 6) is -21.6. The van der Waals surface area contributed by atoms with E-state index in [2.05, 4.69) is 71.0 Å². The van der Waals surface area contributed by atoms with Crippen LogP contribution >= 0.6 is 57.4 Å². The van der Waals surface area contributed by atoms with Crippen molar-refractivity contribution in [3.63, 3.8) is 0 Å². The molecule has 3 aliphatic heterocycles. The number of fused-ring (bicyclic) bond motifs is 3. The molecule has 15 rings (SSSR count). The molecule has 6 aromatic carbocycles. The minimum atomic E-state index is -3.59.